The highest BCUT2D eigenvalue weighted by atomic mass is 79.9. The summed E-state index contributed by atoms with van der Waals surface area (Å²) in [4.78, 5) is 13.3. The van der Waals surface area contributed by atoms with Crippen LogP contribution in [0.1, 0.15) is 0 Å². The molecule has 7 heteroatoms. The van der Waals surface area contributed by atoms with Crippen LogP contribution in [0.5, 0.6) is 0 Å². The van der Waals surface area contributed by atoms with Gasteiger partial charge in [0.2, 0.25) is 11.7 Å². The predicted molar refractivity (Wildman–Crippen MR) is 86.0 cm³/mol. The van der Waals surface area contributed by atoms with Gasteiger partial charge in [0.1, 0.15) is 6.54 Å². The zero-order chi connectivity index (χ0) is 15.4. The van der Waals surface area contributed by atoms with Crippen molar-refractivity contribution in [2.24, 2.45) is 0 Å². The molecule has 3 rings (SSSR count). The molecule has 0 aliphatic heterocycles. The number of amides is 1. The van der Waals surface area contributed by atoms with Crippen LogP contribution in [-0.2, 0) is 11.3 Å². The van der Waals surface area contributed by atoms with Crippen molar-refractivity contribution in [3.05, 3.63) is 59.1 Å². The maximum atomic E-state index is 12.0. The monoisotopic (exact) mass is 357 g/mol. The summed E-state index contributed by atoms with van der Waals surface area (Å²) in [6.07, 6.45) is 0. The van der Waals surface area contributed by atoms with Crippen molar-refractivity contribution < 1.29 is 4.79 Å². The molecule has 0 saturated heterocycles. The smallest absolute Gasteiger partial charge is 0.248 e. The number of halogens is 1. The lowest BCUT2D eigenvalue weighted by atomic mass is 10.2. The Morgan fingerprint density at radius 1 is 1.14 bits per heavy atom. The number of tetrazole rings is 1. The predicted octanol–water partition coefficient (Wildman–Crippen LogP) is 2.74. The Morgan fingerprint density at radius 3 is 2.73 bits per heavy atom. The summed E-state index contributed by atoms with van der Waals surface area (Å²) >= 11 is 3.36. The van der Waals surface area contributed by atoms with Crippen LogP contribution >= 0.6 is 15.9 Å². The Morgan fingerprint density at radius 2 is 1.95 bits per heavy atom. The maximum absolute atomic E-state index is 12.0. The van der Waals surface area contributed by atoms with Crippen molar-refractivity contribution in [3.63, 3.8) is 0 Å². The van der Waals surface area contributed by atoms with E-state index in [9.17, 15) is 4.79 Å². The van der Waals surface area contributed by atoms with Gasteiger partial charge >= 0.3 is 0 Å². The Labute approximate surface area is 135 Å². The largest absolute Gasteiger partial charge is 0.324 e. The third kappa shape index (κ3) is 3.56. The van der Waals surface area contributed by atoms with Crippen molar-refractivity contribution in [1.29, 1.82) is 0 Å². The van der Waals surface area contributed by atoms with Gasteiger partial charge in [-0.15, -0.1) is 10.2 Å². The summed E-state index contributed by atoms with van der Waals surface area (Å²) in [6, 6.07) is 16.9. The van der Waals surface area contributed by atoms with Gasteiger partial charge in [-0.1, -0.05) is 52.3 Å². The summed E-state index contributed by atoms with van der Waals surface area (Å²) in [5.41, 5.74) is 1.57. The van der Waals surface area contributed by atoms with E-state index in [4.69, 9.17) is 0 Å². The quantitative estimate of drug-likeness (QED) is 0.779. The molecule has 1 amide bonds. The fourth-order valence-corrected chi connectivity index (χ4v) is 2.31. The Kier molecular flexibility index (Phi) is 4.24. The van der Waals surface area contributed by atoms with E-state index >= 15 is 0 Å². The summed E-state index contributed by atoms with van der Waals surface area (Å²) in [6.45, 7) is 0.00630. The van der Waals surface area contributed by atoms with Crippen molar-refractivity contribution in [2.75, 3.05) is 5.32 Å². The minimum absolute atomic E-state index is 0.00630. The molecule has 6 nitrogen and oxygen atoms in total. The van der Waals surface area contributed by atoms with E-state index in [1.165, 1.54) is 4.80 Å². The van der Waals surface area contributed by atoms with E-state index in [-0.39, 0.29) is 12.5 Å². The lowest BCUT2D eigenvalue weighted by Gasteiger charge is -2.04. The molecule has 1 aromatic heterocycles. The zero-order valence-corrected chi connectivity index (χ0v) is 13.1. The topological polar surface area (TPSA) is 72.7 Å². The molecule has 0 spiro atoms. The fourth-order valence-electron chi connectivity index (χ4n) is 1.91. The fraction of sp³-hybridized carbons (Fsp3) is 0.0667. The number of nitrogens with one attached hydrogen (secondary N) is 1. The number of carbonyl (C=O) groups excluding carboxylic acids is 1. The second-order valence-corrected chi connectivity index (χ2v) is 5.48. The molecule has 0 aliphatic rings. The zero-order valence-electron chi connectivity index (χ0n) is 11.5. The third-order valence-electron chi connectivity index (χ3n) is 2.88. The van der Waals surface area contributed by atoms with Gasteiger partial charge in [0.25, 0.3) is 0 Å². The van der Waals surface area contributed by atoms with E-state index in [2.05, 4.69) is 36.7 Å². The SMILES string of the molecule is O=C(Cn1nnc(-c2ccccc2)n1)Nc1cccc(Br)c1. The molecule has 1 heterocycles. The molecule has 0 unspecified atom stereocenters. The number of nitrogens with zero attached hydrogens (tertiary/aromatic N) is 4. The molecule has 0 aliphatic carbocycles. The van der Waals surface area contributed by atoms with Crippen LogP contribution < -0.4 is 5.32 Å². The van der Waals surface area contributed by atoms with E-state index in [0.29, 0.717) is 11.5 Å². The van der Waals surface area contributed by atoms with Crippen molar-refractivity contribution in [1.82, 2.24) is 20.2 Å². The van der Waals surface area contributed by atoms with Gasteiger partial charge in [-0.2, -0.15) is 4.80 Å². The standard InChI is InChI=1S/C15H12BrN5O/c16-12-7-4-8-13(9-12)17-14(22)10-21-19-15(18-20-21)11-5-2-1-3-6-11/h1-9H,10H2,(H,17,22). The first kappa shape index (κ1) is 14.4. The molecule has 0 fully saturated rings. The number of anilines is 1. The van der Waals surface area contributed by atoms with E-state index in [0.717, 1.165) is 10.0 Å². The van der Waals surface area contributed by atoms with Gasteiger partial charge in [0.15, 0.2) is 0 Å². The molecule has 0 radical (unpaired) electrons. The van der Waals surface area contributed by atoms with Gasteiger partial charge in [0.05, 0.1) is 0 Å². The number of benzene rings is 2. The molecule has 110 valence electrons. The van der Waals surface area contributed by atoms with Crippen molar-refractivity contribution in [2.45, 2.75) is 6.54 Å². The number of carbonyl (C=O) groups is 1. The van der Waals surface area contributed by atoms with Gasteiger partial charge in [0, 0.05) is 15.7 Å². The molecule has 0 saturated carbocycles. The normalized spacial score (nSPS) is 10.4. The molecule has 1 N–H and O–H groups in total. The van der Waals surface area contributed by atoms with Crippen LogP contribution in [0.2, 0.25) is 0 Å². The van der Waals surface area contributed by atoms with E-state index in [1.807, 2.05) is 54.6 Å². The second-order valence-electron chi connectivity index (χ2n) is 4.57. The molecular formula is C15H12BrN5O. The number of hydrogen-bond donors (Lipinski definition) is 1. The lowest BCUT2D eigenvalue weighted by molar-refractivity contribution is -0.117. The number of hydrogen-bond acceptors (Lipinski definition) is 4. The van der Waals surface area contributed by atoms with Gasteiger partial charge in [-0.25, -0.2) is 0 Å². The third-order valence-corrected chi connectivity index (χ3v) is 3.37. The average Bonchev–Trinajstić information content (AvgIpc) is 2.96. The summed E-state index contributed by atoms with van der Waals surface area (Å²) in [5.74, 6) is 0.283. The summed E-state index contributed by atoms with van der Waals surface area (Å²) in [5, 5.41) is 14.8. The van der Waals surface area contributed by atoms with Crippen LogP contribution in [0.15, 0.2) is 59.1 Å². The average molecular weight is 358 g/mol. The highest BCUT2D eigenvalue weighted by molar-refractivity contribution is 9.10. The lowest BCUT2D eigenvalue weighted by Crippen LogP contribution is -2.20. The van der Waals surface area contributed by atoms with Crippen LogP contribution in [0.25, 0.3) is 11.4 Å². The maximum Gasteiger partial charge on any atom is 0.248 e. The second kappa shape index (κ2) is 6.48. The Bertz CT molecular complexity index is 787. The molecular weight excluding hydrogens is 346 g/mol. The minimum atomic E-state index is -0.213. The first-order valence-corrected chi connectivity index (χ1v) is 7.39. The minimum Gasteiger partial charge on any atom is -0.324 e. The highest BCUT2D eigenvalue weighted by Gasteiger charge is 2.09. The van der Waals surface area contributed by atoms with Crippen molar-refractivity contribution in [3.8, 4) is 11.4 Å². The number of rotatable bonds is 4. The first-order valence-electron chi connectivity index (χ1n) is 6.59. The van der Waals surface area contributed by atoms with Crippen LogP contribution in [0, 0.1) is 0 Å². The Hall–Kier alpha value is -2.54. The molecule has 22 heavy (non-hydrogen) atoms. The van der Waals surface area contributed by atoms with Crippen LogP contribution in [0.4, 0.5) is 5.69 Å². The van der Waals surface area contributed by atoms with Gasteiger partial charge in [-0.05, 0) is 23.4 Å². The van der Waals surface area contributed by atoms with E-state index in [1.54, 1.807) is 0 Å². The Balaban J connectivity index is 1.66. The molecule has 2 aromatic carbocycles. The van der Waals surface area contributed by atoms with Gasteiger partial charge in [-0.3, -0.25) is 4.79 Å². The molecule has 3 aromatic rings. The van der Waals surface area contributed by atoms with Crippen molar-refractivity contribution >= 4 is 27.5 Å². The number of aromatic nitrogens is 4. The molecule has 0 atom stereocenters. The van der Waals surface area contributed by atoms with Crippen LogP contribution in [0.3, 0.4) is 0 Å². The first-order chi connectivity index (χ1) is 10.7. The van der Waals surface area contributed by atoms with E-state index < -0.39 is 0 Å². The summed E-state index contributed by atoms with van der Waals surface area (Å²) in [7, 11) is 0. The van der Waals surface area contributed by atoms with Gasteiger partial charge < -0.3 is 5.32 Å². The summed E-state index contributed by atoms with van der Waals surface area (Å²) < 4.78 is 0.899. The molecule has 0 bridgehead atoms. The van der Waals surface area contributed by atoms with Crippen LogP contribution in [-0.4, -0.2) is 26.1 Å². The highest BCUT2D eigenvalue weighted by Crippen LogP contribution is 2.15.